The number of methoxy groups -OCH3 is 1. The molecule has 9 heteroatoms. The highest BCUT2D eigenvalue weighted by Gasteiger charge is 2.48. The summed E-state index contributed by atoms with van der Waals surface area (Å²) >= 11 is 1.28. The van der Waals surface area contributed by atoms with E-state index in [1.54, 1.807) is 49.6 Å². The number of aliphatic hydroxyl groups is 1. The Labute approximate surface area is 242 Å². The molecular formula is C32H32N2O6S. The fourth-order valence-corrected chi connectivity index (χ4v) is 5.68. The average Bonchev–Trinajstić information content (AvgIpc) is 3.53. The molecule has 4 aromatic rings. The Balaban J connectivity index is 1.62. The molecule has 0 bridgehead atoms. The highest BCUT2D eigenvalue weighted by Crippen LogP contribution is 2.45. The van der Waals surface area contributed by atoms with Gasteiger partial charge < -0.3 is 19.3 Å². The number of benzene rings is 3. The van der Waals surface area contributed by atoms with Gasteiger partial charge in [-0.15, -0.1) is 0 Å². The number of anilines is 1. The molecule has 0 saturated carbocycles. The summed E-state index contributed by atoms with van der Waals surface area (Å²) in [6.45, 7) is 5.22. The summed E-state index contributed by atoms with van der Waals surface area (Å²) < 4.78 is 17.7. The quantitative estimate of drug-likeness (QED) is 0.0904. The van der Waals surface area contributed by atoms with Crippen molar-refractivity contribution in [2.45, 2.75) is 39.2 Å². The lowest BCUT2D eigenvalue weighted by Gasteiger charge is -2.23. The van der Waals surface area contributed by atoms with Gasteiger partial charge >= 0.3 is 5.91 Å². The van der Waals surface area contributed by atoms with E-state index in [1.807, 2.05) is 31.2 Å². The monoisotopic (exact) mass is 572 g/mol. The van der Waals surface area contributed by atoms with Crippen LogP contribution < -0.4 is 19.1 Å². The average molecular weight is 573 g/mol. The molecule has 0 radical (unpaired) electrons. The Morgan fingerprint density at radius 1 is 0.927 bits per heavy atom. The molecular weight excluding hydrogens is 540 g/mol. The molecule has 8 nitrogen and oxygen atoms in total. The second kappa shape index (κ2) is 12.4. The van der Waals surface area contributed by atoms with Crippen molar-refractivity contribution in [2.24, 2.45) is 0 Å². The van der Waals surface area contributed by atoms with Crippen LogP contribution in [0.3, 0.4) is 0 Å². The summed E-state index contributed by atoms with van der Waals surface area (Å²) in [5, 5.41) is 11.9. The number of aromatic nitrogens is 1. The predicted molar refractivity (Wildman–Crippen MR) is 160 cm³/mol. The molecule has 0 spiro atoms. The third kappa shape index (κ3) is 5.76. The van der Waals surface area contributed by atoms with E-state index in [2.05, 4.69) is 11.9 Å². The van der Waals surface area contributed by atoms with E-state index < -0.39 is 17.7 Å². The van der Waals surface area contributed by atoms with Gasteiger partial charge in [-0.2, -0.15) is 0 Å². The summed E-state index contributed by atoms with van der Waals surface area (Å²) in [4.78, 5) is 33.3. The molecule has 1 N–H and O–H groups in total. The normalized spacial score (nSPS) is 16.4. The second-order valence-electron chi connectivity index (χ2n) is 9.65. The summed E-state index contributed by atoms with van der Waals surface area (Å²) in [6, 6.07) is 18.7. The zero-order chi connectivity index (χ0) is 28.9. The number of rotatable bonds is 11. The summed E-state index contributed by atoms with van der Waals surface area (Å²) in [5.74, 6) is 0.0976. The Kier molecular flexibility index (Phi) is 8.54. The van der Waals surface area contributed by atoms with Crippen LogP contribution in [0, 0.1) is 0 Å². The van der Waals surface area contributed by atoms with Crippen LogP contribution in [0.5, 0.6) is 17.2 Å². The van der Waals surface area contributed by atoms with Crippen LogP contribution in [-0.4, -0.2) is 42.1 Å². The van der Waals surface area contributed by atoms with Gasteiger partial charge in [0.05, 0.1) is 42.2 Å². The lowest BCUT2D eigenvalue weighted by Crippen LogP contribution is -2.29. The van der Waals surface area contributed by atoms with Crippen LogP contribution in [0.15, 0.2) is 72.3 Å². The zero-order valence-electron chi connectivity index (χ0n) is 23.3. The topological polar surface area (TPSA) is 98.2 Å². The molecule has 5 rings (SSSR count). The van der Waals surface area contributed by atoms with E-state index in [4.69, 9.17) is 14.2 Å². The number of nitrogens with zero attached hydrogens (tertiary/aromatic N) is 2. The number of ketones is 1. The number of unbranched alkanes of at least 4 members (excludes halogenated alkanes) is 1. The largest absolute Gasteiger partial charge is 0.507 e. The molecule has 1 atom stereocenters. The van der Waals surface area contributed by atoms with Gasteiger partial charge in [-0.1, -0.05) is 55.9 Å². The molecule has 2 heterocycles. The minimum atomic E-state index is -0.901. The maximum absolute atomic E-state index is 13.6. The number of amides is 1. The van der Waals surface area contributed by atoms with Crippen LogP contribution in [0.1, 0.15) is 50.3 Å². The maximum atomic E-state index is 13.6. The third-order valence-electron chi connectivity index (χ3n) is 6.78. The number of ether oxygens (including phenoxy) is 3. The van der Waals surface area contributed by atoms with Crippen molar-refractivity contribution in [3.63, 3.8) is 0 Å². The SMILES string of the molecule is CCCCOc1cccc(C(O)=C2C(=O)C(=O)N(c3nc4ccc(OC)cc4s3)C2c2ccc(OCCC)cc2)c1. The second-order valence-corrected chi connectivity index (χ2v) is 10.7. The zero-order valence-corrected chi connectivity index (χ0v) is 24.1. The molecule has 1 aliphatic rings. The van der Waals surface area contributed by atoms with Crippen molar-refractivity contribution in [3.05, 3.63) is 83.4 Å². The van der Waals surface area contributed by atoms with Gasteiger partial charge in [-0.05, 0) is 60.9 Å². The molecule has 41 heavy (non-hydrogen) atoms. The first-order valence-electron chi connectivity index (χ1n) is 13.7. The molecule has 1 saturated heterocycles. The number of carbonyl (C=O) groups excluding carboxylic acids is 2. The molecule has 1 aromatic heterocycles. The van der Waals surface area contributed by atoms with Crippen LogP contribution in [0.25, 0.3) is 16.0 Å². The number of Topliss-reactive ketones (excluding diaryl/α,β-unsaturated/α-hetero) is 1. The van der Waals surface area contributed by atoms with Crippen molar-refractivity contribution in [1.82, 2.24) is 4.98 Å². The number of aliphatic hydroxyl groups excluding tert-OH is 1. The molecule has 0 aliphatic carbocycles. The summed E-state index contributed by atoms with van der Waals surface area (Å²) in [7, 11) is 1.58. The standard InChI is InChI=1S/C32H32N2O6S/c1-4-6-17-40-24-9-7-8-21(18-24)29(35)27-28(20-10-12-22(13-11-20)39-16-5-2)34(31(37)30(27)36)32-33-25-15-14-23(38-3)19-26(25)41-32/h7-15,18-19,28,35H,4-6,16-17H2,1-3H3. The molecule has 3 aromatic carbocycles. The van der Waals surface area contributed by atoms with Crippen molar-refractivity contribution < 1.29 is 28.9 Å². The van der Waals surface area contributed by atoms with Crippen molar-refractivity contribution in [3.8, 4) is 17.2 Å². The smallest absolute Gasteiger partial charge is 0.301 e. The fourth-order valence-electron chi connectivity index (χ4n) is 4.66. The van der Waals surface area contributed by atoms with Crippen LogP contribution in [0.2, 0.25) is 0 Å². The lowest BCUT2D eigenvalue weighted by atomic mass is 9.95. The molecule has 1 amide bonds. The van der Waals surface area contributed by atoms with E-state index in [0.717, 1.165) is 24.0 Å². The van der Waals surface area contributed by atoms with Crippen LogP contribution in [0.4, 0.5) is 5.13 Å². The number of thiazole rings is 1. The van der Waals surface area contributed by atoms with Gasteiger partial charge in [-0.3, -0.25) is 14.5 Å². The highest BCUT2D eigenvalue weighted by atomic mass is 32.1. The van der Waals surface area contributed by atoms with Gasteiger partial charge in [0.25, 0.3) is 5.78 Å². The first kappa shape index (κ1) is 28.2. The van der Waals surface area contributed by atoms with Crippen molar-refractivity contribution in [1.29, 1.82) is 0 Å². The molecule has 1 aliphatic heterocycles. The molecule has 1 unspecified atom stereocenters. The minimum absolute atomic E-state index is 0.0141. The Hall–Kier alpha value is -4.37. The Morgan fingerprint density at radius 2 is 1.68 bits per heavy atom. The third-order valence-corrected chi connectivity index (χ3v) is 7.80. The van der Waals surface area contributed by atoms with Crippen molar-refractivity contribution in [2.75, 3.05) is 25.2 Å². The van der Waals surface area contributed by atoms with E-state index in [1.165, 1.54) is 16.2 Å². The van der Waals surface area contributed by atoms with E-state index in [-0.39, 0.29) is 11.3 Å². The highest BCUT2D eigenvalue weighted by molar-refractivity contribution is 7.22. The summed E-state index contributed by atoms with van der Waals surface area (Å²) in [6.07, 6.45) is 2.75. The Bertz CT molecular complexity index is 1590. The van der Waals surface area contributed by atoms with E-state index in [9.17, 15) is 14.7 Å². The number of carbonyl (C=O) groups is 2. The van der Waals surface area contributed by atoms with Gasteiger partial charge in [0.15, 0.2) is 5.13 Å². The van der Waals surface area contributed by atoms with Crippen LogP contribution >= 0.6 is 11.3 Å². The van der Waals surface area contributed by atoms with Gasteiger partial charge in [0, 0.05) is 5.56 Å². The first-order chi connectivity index (χ1) is 19.9. The lowest BCUT2D eigenvalue weighted by molar-refractivity contribution is -0.132. The first-order valence-corrected chi connectivity index (χ1v) is 14.5. The Morgan fingerprint density at radius 3 is 2.41 bits per heavy atom. The fraction of sp³-hybridized carbons (Fsp3) is 0.281. The van der Waals surface area contributed by atoms with Gasteiger partial charge in [0.1, 0.15) is 23.0 Å². The molecule has 1 fully saturated rings. The van der Waals surface area contributed by atoms with Crippen molar-refractivity contribution >= 4 is 44.1 Å². The number of hydrogen-bond donors (Lipinski definition) is 1. The minimum Gasteiger partial charge on any atom is -0.507 e. The van der Waals surface area contributed by atoms with Gasteiger partial charge in [-0.25, -0.2) is 4.98 Å². The summed E-state index contributed by atoms with van der Waals surface area (Å²) in [5.41, 5.74) is 1.69. The van der Waals surface area contributed by atoms with E-state index >= 15 is 0 Å². The maximum Gasteiger partial charge on any atom is 0.301 e. The number of hydrogen-bond acceptors (Lipinski definition) is 8. The van der Waals surface area contributed by atoms with Crippen LogP contribution in [-0.2, 0) is 9.59 Å². The number of fused-ring (bicyclic) bond motifs is 1. The van der Waals surface area contributed by atoms with Gasteiger partial charge in [0.2, 0.25) is 0 Å². The predicted octanol–water partition coefficient (Wildman–Crippen LogP) is 6.90. The van der Waals surface area contributed by atoms with E-state index in [0.29, 0.717) is 52.2 Å². The molecule has 212 valence electrons.